The summed E-state index contributed by atoms with van der Waals surface area (Å²) >= 11 is 14.0. The number of aryl methyl sites for hydroxylation is 2. The molecule has 0 saturated carbocycles. The molecule has 0 fully saturated rings. The van der Waals surface area contributed by atoms with Gasteiger partial charge in [0.05, 0.1) is 0 Å². The molecule has 2 nitrogen and oxygen atoms in total. The van der Waals surface area contributed by atoms with Crippen molar-refractivity contribution in [3.63, 3.8) is 0 Å². The van der Waals surface area contributed by atoms with Gasteiger partial charge in [0.2, 0.25) is 0 Å². The number of halogens is 2. The molecule has 0 spiro atoms. The van der Waals surface area contributed by atoms with Crippen molar-refractivity contribution in [2.45, 2.75) is 91.9 Å². The zero-order valence-corrected chi connectivity index (χ0v) is 24.7. The number of anilines is 2. The molecule has 36 heavy (non-hydrogen) atoms. The zero-order chi connectivity index (χ0) is 27.0. The van der Waals surface area contributed by atoms with Crippen molar-refractivity contribution in [3.8, 4) is 0 Å². The van der Waals surface area contributed by atoms with E-state index in [-0.39, 0.29) is 10.8 Å². The van der Waals surface area contributed by atoms with E-state index in [1.807, 2.05) is 0 Å². The molecule has 0 radical (unpaired) electrons. The Hall–Kier alpha value is -2.16. The van der Waals surface area contributed by atoms with E-state index in [0.717, 1.165) is 80.5 Å². The third-order valence-electron chi connectivity index (χ3n) is 8.10. The van der Waals surface area contributed by atoms with Gasteiger partial charge in [-0.3, -0.25) is 0 Å². The second-order valence-corrected chi connectivity index (χ2v) is 11.6. The first kappa shape index (κ1) is 28.4. The Balaban J connectivity index is 2.20. The van der Waals surface area contributed by atoms with Gasteiger partial charge in [0.15, 0.2) is 0 Å². The molecule has 0 aliphatic carbocycles. The second kappa shape index (κ2) is 10.7. The number of nitrogen functional groups attached to an aromatic ring is 2. The van der Waals surface area contributed by atoms with Gasteiger partial charge in [0.25, 0.3) is 0 Å². The molecule has 4 N–H and O–H groups in total. The summed E-state index contributed by atoms with van der Waals surface area (Å²) in [5, 5.41) is 1.56. The lowest BCUT2D eigenvalue weighted by Gasteiger charge is -2.33. The van der Waals surface area contributed by atoms with Crippen molar-refractivity contribution < 1.29 is 0 Å². The van der Waals surface area contributed by atoms with Crippen LogP contribution in [-0.4, -0.2) is 0 Å². The van der Waals surface area contributed by atoms with Gasteiger partial charge in [-0.05, 0) is 70.2 Å². The number of rotatable bonds is 8. The van der Waals surface area contributed by atoms with E-state index in [9.17, 15) is 0 Å². The fourth-order valence-corrected chi connectivity index (χ4v) is 6.43. The minimum Gasteiger partial charge on any atom is -0.398 e. The molecule has 3 rings (SSSR count). The van der Waals surface area contributed by atoms with Gasteiger partial charge >= 0.3 is 0 Å². The van der Waals surface area contributed by atoms with Crippen LogP contribution in [-0.2, 0) is 36.5 Å². The molecule has 0 atom stereocenters. The van der Waals surface area contributed by atoms with E-state index in [1.54, 1.807) is 0 Å². The van der Waals surface area contributed by atoms with Crippen LogP contribution in [0.25, 0.3) is 0 Å². The standard InChI is InChI=1S/C32H42Cl2N2/c1-9-19-16-25(27(33)23(11-3)29(19)35)31(5,6)21-14-13-15-22(18-21)32(7,8)26-17-20(10-2)30(36)24(12-4)28(26)34/h13-18H,9-12,35-36H2,1-8H3. The van der Waals surface area contributed by atoms with Crippen LogP contribution in [0.3, 0.4) is 0 Å². The Morgan fingerprint density at radius 2 is 0.972 bits per heavy atom. The Bertz CT molecular complexity index is 1180. The minimum absolute atomic E-state index is 0.307. The van der Waals surface area contributed by atoms with Crippen molar-refractivity contribution >= 4 is 34.6 Å². The average Bonchev–Trinajstić information content (AvgIpc) is 2.84. The first-order valence-corrected chi connectivity index (χ1v) is 13.9. The summed E-state index contributed by atoms with van der Waals surface area (Å²) in [4.78, 5) is 0. The molecule has 4 heteroatoms. The Morgan fingerprint density at radius 3 is 1.28 bits per heavy atom. The molecular weight excluding hydrogens is 483 g/mol. The summed E-state index contributed by atoms with van der Waals surface area (Å²) in [6.45, 7) is 17.5. The van der Waals surface area contributed by atoms with E-state index in [1.165, 1.54) is 11.1 Å². The number of hydrogen-bond donors (Lipinski definition) is 2. The Kier molecular flexibility index (Phi) is 8.43. The Labute approximate surface area is 228 Å². The predicted octanol–water partition coefficient (Wildman–Crippen LogP) is 9.06. The quantitative estimate of drug-likeness (QED) is 0.288. The highest BCUT2D eigenvalue weighted by molar-refractivity contribution is 6.33. The molecule has 194 valence electrons. The largest absolute Gasteiger partial charge is 0.398 e. The van der Waals surface area contributed by atoms with Gasteiger partial charge in [0.1, 0.15) is 0 Å². The second-order valence-electron chi connectivity index (χ2n) is 10.8. The highest BCUT2D eigenvalue weighted by atomic mass is 35.5. The molecule has 0 bridgehead atoms. The van der Waals surface area contributed by atoms with Crippen molar-refractivity contribution in [3.05, 3.63) is 91.0 Å². The van der Waals surface area contributed by atoms with E-state index in [0.29, 0.717) is 0 Å². The maximum absolute atomic E-state index is 7.00. The average molecular weight is 526 g/mol. The molecule has 0 heterocycles. The monoisotopic (exact) mass is 524 g/mol. The van der Waals surface area contributed by atoms with E-state index >= 15 is 0 Å². The number of benzene rings is 3. The van der Waals surface area contributed by atoms with Crippen LogP contribution in [0.15, 0.2) is 36.4 Å². The van der Waals surface area contributed by atoms with Gasteiger partial charge in [-0.25, -0.2) is 0 Å². The summed E-state index contributed by atoms with van der Waals surface area (Å²) in [5.41, 5.74) is 23.0. The summed E-state index contributed by atoms with van der Waals surface area (Å²) in [6, 6.07) is 13.3. The van der Waals surface area contributed by atoms with Crippen LogP contribution >= 0.6 is 23.2 Å². The van der Waals surface area contributed by atoms with Gasteiger partial charge < -0.3 is 11.5 Å². The van der Waals surface area contributed by atoms with Crippen LogP contribution in [0.1, 0.15) is 99.9 Å². The summed E-state index contributed by atoms with van der Waals surface area (Å²) in [7, 11) is 0. The van der Waals surface area contributed by atoms with Crippen LogP contribution in [0.2, 0.25) is 10.0 Å². The summed E-state index contributed by atoms with van der Waals surface area (Å²) in [5.74, 6) is 0. The molecule has 0 aromatic heterocycles. The molecule has 3 aromatic rings. The molecule has 3 aromatic carbocycles. The zero-order valence-electron chi connectivity index (χ0n) is 23.2. The lowest BCUT2D eigenvalue weighted by molar-refractivity contribution is 0.616. The maximum Gasteiger partial charge on any atom is 0.0499 e. The minimum atomic E-state index is -0.307. The van der Waals surface area contributed by atoms with Crippen LogP contribution < -0.4 is 11.5 Å². The van der Waals surface area contributed by atoms with Gasteiger partial charge in [0, 0.05) is 32.3 Å². The third kappa shape index (κ3) is 4.75. The highest BCUT2D eigenvalue weighted by Gasteiger charge is 2.32. The summed E-state index contributed by atoms with van der Waals surface area (Å²) in [6.07, 6.45) is 3.37. The third-order valence-corrected chi connectivity index (χ3v) is 8.97. The van der Waals surface area contributed by atoms with Crippen molar-refractivity contribution in [2.24, 2.45) is 0 Å². The summed E-state index contributed by atoms with van der Waals surface area (Å²) < 4.78 is 0. The van der Waals surface area contributed by atoms with Gasteiger partial charge in [-0.2, -0.15) is 0 Å². The van der Waals surface area contributed by atoms with Crippen LogP contribution in [0, 0.1) is 0 Å². The first-order chi connectivity index (χ1) is 16.9. The molecule has 0 aliphatic heterocycles. The molecule has 0 unspecified atom stereocenters. The topological polar surface area (TPSA) is 52.0 Å². The normalized spacial score (nSPS) is 12.3. The van der Waals surface area contributed by atoms with E-state index in [4.69, 9.17) is 34.7 Å². The smallest absolute Gasteiger partial charge is 0.0499 e. The van der Waals surface area contributed by atoms with Crippen molar-refractivity contribution in [1.29, 1.82) is 0 Å². The molecular formula is C32H42Cl2N2. The molecule has 0 saturated heterocycles. The fraction of sp³-hybridized carbons (Fsp3) is 0.438. The highest BCUT2D eigenvalue weighted by Crippen LogP contribution is 2.44. The number of nitrogens with two attached hydrogens (primary N) is 2. The van der Waals surface area contributed by atoms with Crippen molar-refractivity contribution in [2.75, 3.05) is 11.5 Å². The van der Waals surface area contributed by atoms with Crippen LogP contribution in [0.5, 0.6) is 0 Å². The molecule has 0 aliphatic rings. The SMILES string of the molecule is CCc1cc(C(C)(C)c2cccc(C(C)(C)c3cc(CC)c(N)c(CC)c3Cl)c2)c(Cl)c(CC)c1N. The van der Waals surface area contributed by atoms with E-state index < -0.39 is 0 Å². The van der Waals surface area contributed by atoms with E-state index in [2.05, 4.69) is 91.8 Å². The Morgan fingerprint density at radius 1 is 0.611 bits per heavy atom. The van der Waals surface area contributed by atoms with Gasteiger partial charge in [-0.1, -0.05) is 115 Å². The fourth-order valence-electron chi connectivity index (χ4n) is 5.37. The lowest BCUT2D eigenvalue weighted by Crippen LogP contribution is -2.24. The maximum atomic E-state index is 7.00. The van der Waals surface area contributed by atoms with Crippen LogP contribution in [0.4, 0.5) is 11.4 Å². The first-order valence-electron chi connectivity index (χ1n) is 13.2. The molecule has 0 amide bonds. The van der Waals surface area contributed by atoms with Gasteiger partial charge in [-0.15, -0.1) is 0 Å². The lowest BCUT2D eigenvalue weighted by atomic mass is 9.72. The number of hydrogen-bond acceptors (Lipinski definition) is 2. The van der Waals surface area contributed by atoms with Crippen molar-refractivity contribution in [1.82, 2.24) is 0 Å². The predicted molar refractivity (Wildman–Crippen MR) is 160 cm³/mol.